The molecule has 0 aliphatic heterocycles. The number of hydrogen-bond acceptors (Lipinski definition) is 5. The van der Waals surface area contributed by atoms with Crippen LogP contribution in [0.3, 0.4) is 0 Å². The van der Waals surface area contributed by atoms with E-state index in [0.717, 1.165) is 0 Å². The van der Waals surface area contributed by atoms with Crippen LogP contribution in [-0.4, -0.2) is 31.0 Å². The quantitative estimate of drug-likeness (QED) is 0.564. The lowest BCUT2D eigenvalue weighted by Gasteiger charge is -2.03. The van der Waals surface area contributed by atoms with Gasteiger partial charge in [-0.3, -0.25) is 15.3 Å². The fourth-order valence-electron chi connectivity index (χ4n) is 0.879. The monoisotopic (exact) mass is 193 g/mol. The van der Waals surface area contributed by atoms with Gasteiger partial charge < -0.3 is 5.73 Å². The second-order valence-corrected chi connectivity index (χ2v) is 2.49. The molecule has 0 aromatic carbocycles. The van der Waals surface area contributed by atoms with E-state index >= 15 is 0 Å². The lowest BCUT2D eigenvalue weighted by molar-refractivity contribution is 0.101. The Labute approximate surface area is 78.1 Å². The molecule has 8 nitrogen and oxygen atoms in total. The highest BCUT2D eigenvalue weighted by Gasteiger charge is 2.08. The molecule has 0 saturated heterocycles. The van der Waals surface area contributed by atoms with Crippen LogP contribution in [-0.2, 0) is 0 Å². The summed E-state index contributed by atoms with van der Waals surface area (Å²) in [4.78, 5) is 11.4. The van der Waals surface area contributed by atoms with Crippen LogP contribution in [0.2, 0.25) is 0 Å². The van der Waals surface area contributed by atoms with E-state index in [9.17, 15) is 4.79 Å². The van der Waals surface area contributed by atoms with Crippen LogP contribution in [0, 0.1) is 0 Å². The standard InChI is InChI=1S/C6H7N7O/c7-6-11-10-3-13(6)12-5(14)4-1-8-9-2-4/h1-3H,(H2,7,11)(H,8,9)(H,12,14). The maximum Gasteiger partial charge on any atom is 0.273 e. The molecule has 0 radical (unpaired) electrons. The van der Waals surface area contributed by atoms with Gasteiger partial charge in [0.05, 0.1) is 11.8 Å². The van der Waals surface area contributed by atoms with Gasteiger partial charge in [-0.2, -0.15) is 5.10 Å². The number of H-pyrrole nitrogens is 1. The summed E-state index contributed by atoms with van der Waals surface area (Å²) in [6.45, 7) is 0. The van der Waals surface area contributed by atoms with Gasteiger partial charge in [-0.1, -0.05) is 0 Å². The minimum atomic E-state index is -0.342. The van der Waals surface area contributed by atoms with Gasteiger partial charge in [0.15, 0.2) is 0 Å². The number of amides is 1. The molecule has 2 aromatic heterocycles. The Kier molecular flexibility index (Phi) is 1.86. The third-order valence-electron chi connectivity index (χ3n) is 1.56. The number of nitrogens with one attached hydrogen (secondary N) is 2. The van der Waals surface area contributed by atoms with E-state index < -0.39 is 0 Å². The Morgan fingerprint density at radius 3 is 3.07 bits per heavy atom. The fourth-order valence-corrected chi connectivity index (χ4v) is 0.879. The van der Waals surface area contributed by atoms with Crippen molar-refractivity contribution < 1.29 is 4.79 Å². The molecule has 1 amide bonds. The van der Waals surface area contributed by atoms with Gasteiger partial charge in [0.1, 0.15) is 6.33 Å². The lowest BCUT2D eigenvalue weighted by Crippen LogP contribution is -2.23. The molecule has 2 rings (SSSR count). The average Bonchev–Trinajstić information content (AvgIpc) is 2.77. The number of hydrogen-bond donors (Lipinski definition) is 3. The Balaban J connectivity index is 2.13. The molecular weight excluding hydrogens is 186 g/mol. The van der Waals surface area contributed by atoms with Crippen molar-refractivity contribution in [2.75, 3.05) is 11.2 Å². The molecule has 0 atom stereocenters. The van der Waals surface area contributed by atoms with Gasteiger partial charge in [0.2, 0.25) is 5.95 Å². The van der Waals surface area contributed by atoms with Crippen molar-refractivity contribution in [1.29, 1.82) is 0 Å². The zero-order valence-electron chi connectivity index (χ0n) is 7.01. The van der Waals surface area contributed by atoms with Gasteiger partial charge in [-0.15, -0.1) is 10.2 Å². The van der Waals surface area contributed by atoms with Crippen molar-refractivity contribution in [3.05, 3.63) is 24.3 Å². The van der Waals surface area contributed by atoms with Gasteiger partial charge in [0.25, 0.3) is 5.91 Å². The van der Waals surface area contributed by atoms with E-state index in [-0.39, 0.29) is 11.9 Å². The van der Waals surface area contributed by atoms with E-state index in [0.29, 0.717) is 5.56 Å². The molecule has 2 aromatic rings. The van der Waals surface area contributed by atoms with Crippen LogP contribution in [0.4, 0.5) is 5.95 Å². The molecule has 4 N–H and O–H groups in total. The summed E-state index contributed by atoms with van der Waals surface area (Å²) in [6, 6.07) is 0. The van der Waals surface area contributed by atoms with Crippen molar-refractivity contribution >= 4 is 11.9 Å². The summed E-state index contributed by atoms with van der Waals surface area (Å²) in [6.07, 6.45) is 4.17. The van der Waals surface area contributed by atoms with E-state index in [1.807, 2.05) is 0 Å². The van der Waals surface area contributed by atoms with Crippen LogP contribution in [0.5, 0.6) is 0 Å². The molecule has 72 valence electrons. The second-order valence-electron chi connectivity index (χ2n) is 2.49. The minimum Gasteiger partial charge on any atom is -0.366 e. The number of carbonyl (C=O) groups is 1. The SMILES string of the molecule is Nc1nncn1NC(=O)c1cn[nH]c1. The Hall–Kier alpha value is -2.38. The normalized spacial score (nSPS) is 10.0. The molecule has 8 heteroatoms. The Morgan fingerprint density at radius 2 is 2.50 bits per heavy atom. The van der Waals surface area contributed by atoms with Crippen LogP contribution >= 0.6 is 0 Å². The summed E-state index contributed by atoms with van der Waals surface area (Å²) < 4.78 is 1.22. The highest BCUT2D eigenvalue weighted by atomic mass is 16.2. The molecule has 0 spiro atoms. The molecule has 14 heavy (non-hydrogen) atoms. The molecule has 0 fully saturated rings. The summed E-state index contributed by atoms with van der Waals surface area (Å²) >= 11 is 0. The summed E-state index contributed by atoms with van der Waals surface area (Å²) in [5, 5.41) is 13.2. The Morgan fingerprint density at radius 1 is 1.64 bits per heavy atom. The molecule has 0 aliphatic carbocycles. The van der Waals surface area contributed by atoms with Gasteiger partial charge in [-0.25, -0.2) is 4.68 Å². The van der Waals surface area contributed by atoms with Crippen LogP contribution in [0.15, 0.2) is 18.7 Å². The van der Waals surface area contributed by atoms with Crippen LogP contribution in [0.25, 0.3) is 0 Å². The van der Waals surface area contributed by atoms with Crippen molar-refractivity contribution in [3.8, 4) is 0 Å². The van der Waals surface area contributed by atoms with Crippen molar-refractivity contribution in [2.45, 2.75) is 0 Å². The third-order valence-corrected chi connectivity index (χ3v) is 1.56. The third kappa shape index (κ3) is 1.40. The predicted molar refractivity (Wildman–Crippen MR) is 46.7 cm³/mol. The zero-order valence-corrected chi connectivity index (χ0v) is 7.01. The molecule has 0 aliphatic rings. The fraction of sp³-hybridized carbons (Fsp3) is 0. The number of carbonyl (C=O) groups excluding carboxylic acids is 1. The number of nitrogens with two attached hydrogens (primary N) is 1. The smallest absolute Gasteiger partial charge is 0.273 e. The second kappa shape index (κ2) is 3.17. The number of aromatic amines is 1. The Bertz CT molecular complexity index is 431. The first-order chi connectivity index (χ1) is 6.77. The minimum absolute atomic E-state index is 0.113. The molecule has 0 bridgehead atoms. The largest absolute Gasteiger partial charge is 0.366 e. The van der Waals surface area contributed by atoms with Gasteiger partial charge >= 0.3 is 0 Å². The number of anilines is 1. The van der Waals surface area contributed by atoms with E-state index in [4.69, 9.17) is 5.73 Å². The van der Waals surface area contributed by atoms with E-state index in [1.165, 1.54) is 23.4 Å². The van der Waals surface area contributed by atoms with E-state index in [2.05, 4.69) is 25.8 Å². The van der Waals surface area contributed by atoms with Crippen LogP contribution < -0.4 is 11.2 Å². The first-order valence-electron chi connectivity index (χ1n) is 3.73. The maximum atomic E-state index is 11.4. The lowest BCUT2D eigenvalue weighted by atomic mass is 10.3. The summed E-state index contributed by atoms with van der Waals surface area (Å²) in [5.41, 5.74) is 8.25. The van der Waals surface area contributed by atoms with Crippen molar-refractivity contribution in [1.82, 2.24) is 25.1 Å². The molecule has 2 heterocycles. The average molecular weight is 193 g/mol. The number of aromatic nitrogens is 5. The van der Waals surface area contributed by atoms with Crippen LogP contribution in [0.1, 0.15) is 10.4 Å². The topological polar surface area (TPSA) is 115 Å². The highest BCUT2D eigenvalue weighted by Crippen LogP contribution is 1.97. The zero-order chi connectivity index (χ0) is 9.97. The summed E-state index contributed by atoms with van der Waals surface area (Å²) in [5.74, 6) is -0.230. The maximum absolute atomic E-state index is 11.4. The summed E-state index contributed by atoms with van der Waals surface area (Å²) in [7, 11) is 0. The van der Waals surface area contributed by atoms with Crippen molar-refractivity contribution in [2.24, 2.45) is 0 Å². The molecule has 0 saturated carbocycles. The first-order valence-corrected chi connectivity index (χ1v) is 3.73. The number of nitrogens with zero attached hydrogens (tertiary/aromatic N) is 4. The van der Waals surface area contributed by atoms with Gasteiger partial charge in [0, 0.05) is 6.20 Å². The highest BCUT2D eigenvalue weighted by molar-refractivity contribution is 5.99. The predicted octanol–water partition coefficient (Wildman–Crippen LogP) is -1.03. The van der Waals surface area contributed by atoms with E-state index in [1.54, 1.807) is 0 Å². The number of nitrogen functional groups attached to an aromatic ring is 1. The van der Waals surface area contributed by atoms with Gasteiger partial charge in [-0.05, 0) is 0 Å². The number of rotatable bonds is 2. The first kappa shape index (κ1) is 8.23. The molecular formula is C6H7N7O. The van der Waals surface area contributed by atoms with Crippen molar-refractivity contribution in [3.63, 3.8) is 0 Å². The molecule has 0 unspecified atom stereocenters.